The highest BCUT2D eigenvalue weighted by Crippen LogP contribution is 2.02. The Morgan fingerprint density at radius 3 is 2.29 bits per heavy atom. The number of hydrogen-bond donors (Lipinski definition) is 3. The Morgan fingerprint density at radius 2 is 1.93 bits per heavy atom. The van der Waals surface area contributed by atoms with E-state index in [0.717, 1.165) is 0 Å². The third kappa shape index (κ3) is 4.30. The van der Waals surface area contributed by atoms with E-state index in [4.69, 9.17) is 5.73 Å². The van der Waals surface area contributed by atoms with E-state index < -0.39 is 18.2 Å². The molecule has 0 spiro atoms. The summed E-state index contributed by atoms with van der Waals surface area (Å²) in [4.78, 5) is 21.4. The van der Waals surface area contributed by atoms with E-state index in [-0.39, 0.29) is 11.5 Å². The van der Waals surface area contributed by atoms with E-state index in [1.54, 1.807) is 13.8 Å². The van der Waals surface area contributed by atoms with E-state index in [2.05, 4.69) is 5.32 Å². The van der Waals surface area contributed by atoms with E-state index in [9.17, 15) is 14.7 Å². The summed E-state index contributed by atoms with van der Waals surface area (Å²) in [7, 11) is 0. The molecular formula is C9H14N2O3. The minimum Gasteiger partial charge on any atom is -0.506 e. The zero-order valence-corrected chi connectivity index (χ0v) is 8.20. The Morgan fingerprint density at radius 1 is 1.36 bits per heavy atom. The van der Waals surface area contributed by atoms with Gasteiger partial charge in [0.1, 0.15) is 12.2 Å². The predicted molar refractivity (Wildman–Crippen MR) is 52.1 cm³/mol. The molecule has 0 heterocycles. The van der Waals surface area contributed by atoms with Crippen LogP contribution >= 0.6 is 0 Å². The minimum absolute atomic E-state index is 0.0506. The van der Waals surface area contributed by atoms with Crippen LogP contribution in [-0.2, 0) is 9.59 Å². The third-order valence-electron chi connectivity index (χ3n) is 1.45. The second kappa shape index (κ2) is 5.80. The van der Waals surface area contributed by atoms with E-state index in [0.29, 0.717) is 0 Å². The van der Waals surface area contributed by atoms with E-state index >= 15 is 0 Å². The molecule has 0 radical (unpaired) electrons. The lowest BCUT2D eigenvalue weighted by atomic mass is 10.3. The summed E-state index contributed by atoms with van der Waals surface area (Å²) in [5.41, 5.74) is 5.09. The topological polar surface area (TPSA) is 92.4 Å². The Balaban J connectivity index is 4.36. The first-order valence-electron chi connectivity index (χ1n) is 4.11. The van der Waals surface area contributed by atoms with Crippen molar-refractivity contribution < 1.29 is 14.7 Å². The number of primary amides is 1. The maximum absolute atomic E-state index is 11.1. The number of nitrogens with two attached hydrogens (primary N) is 1. The number of nitrogens with one attached hydrogen (secondary N) is 1. The highest BCUT2D eigenvalue weighted by Gasteiger charge is 2.09. The van der Waals surface area contributed by atoms with Crippen molar-refractivity contribution in [2.24, 2.45) is 5.73 Å². The number of allylic oxidation sites excluding steroid dienone is 2. The van der Waals surface area contributed by atoms with Crippen LogP contribution in [0.2, 0.25) is 0 Å². The number of aliphatic hydroxyl groups excluding tert-OH is 1. The fraction of sp³-hybridized carbons (Fsp3) is 0.333. The van der Waals surface area contributed by atoms with Gasteiger partial charge in [-0.2, -0.15) is 0 Å². The quantitative estimate of drug-likeness (QED) is 0.345. The first kappa shape index (κ1) is 12.2. The molecule has 0 aromatic carbocycles. The summed E-state index contributed by atoms with van der Waals surface area (Å²) in [6.45, 7) is 3.28. The maximum Gasteiger partial charge on any atom is 0.233 e. The lowest BCUT2D eigenvalue weighted by molar-refractivity contribution is -0.127. The van der Waals surface area contributed by atoms with Crippen molar-refractivity contribution >= 4 is 11.8 Å². The highest BCUT2D eigenvalue weighted by molar-refractivity contribution is 5.96. The molecule has 0 aromatic rings. The van der Waals surface area contributed by atoms with Gasteiger partial charge in [0.2, 0.25) is 11.8 Å². The average molecular weight is 198 g/mol. The Kier molecular flexibility index (Phi) is 5.06. The van der Waals surface area contributed by atoms with Gasteiger partial charge in [-0.3, -0.25) is 9.59 Å². The van der Waals surface area contributed by atoms with Crippen LogP contribution in [0.1, 0.15) is 20.3 Å². The van der Waals surface area contributed by atoms with Crippen molar-refractivity contribution in [3.05, 3.63) is 23.6 Å². The molecule has 0 fully saturated rings. The number of aliphatic hydroxyl groups is 1. The van der Waals surface area contributed by atoms with Crippen molar-refractivity contribution in [1.29, 1.82) is 0 Å². The van der Waals surface area contributed by atoms with Crippen molar-refractivity contribution in [3.8, 4) is 0 Å². The van der Waals surface area contributed by atoms with Crippen molar-refractivity contribution in [1.82, 2.24) is 5.32 Å². The lowest BCUT2D eigenvalue weighted by Gasteiger charge is -2.07. The van der Waals surface area contributed by atoms with Gasteiger partial charge < -0.3 is 16.2 Å². The van der Waals surface area contributed by atoms with Crippen molar-refractivity contribution in [2.75, 3.05) is 0 Å². The molecule has 0 aliphatic heterocycles. The Hall–Kier alpha value is -1.78. The number of hydrogen-bond acceptors (Lipinski definition) is 3. The van der Waals surface area contributed by atoms with Gasteiger partial charge in [-0.15, -0.1) is 0 Å². The summed E-state index contributed by atoms with van der Waals surface area (Å²) in [6.07, 6.45) is 2.56. The molecule has 0 bridgehead atoms. The standard InChI is InChI=1S/C9H14N2O3/c1-3-6(7(12)4-2)11-9(14)5-8(10)13/h3-4,12H,5H2,1-2H3,(H2,10,13)(H,11,14)/b6-3+,7-4+. The van der Waals surface area contributed by atoms with Crippen LogP contribution in [0.25, 0.3) is 0 Å². The normalized spacial score (nSPS) is 12.4. The monoisotopic (exact) mass is 198 g/mol. The SMILES string of the molecule is C/C=C(O)\C(=C/C)NC(=O)CC(N)=O. The summed E-state index contributed by atoms with van der Waals surface area (Å²) in [5.74, 6) is -1.30. The molecule has 78 valence electrons. The molecule has 0 atom stereocenters. The molecule has 0 aliphatic rings. The molecule has 0 unspecified atom stereocenters. The summed E-state index contributed by atoms with van der Waals surface area (Å²) < 4.78 is 0. The second-order valence-corrected chi connectivity index (χ2v) is 2.57. The number of carbonyl (C=O) groups is 2. The van der Waals surface area contributed by atoms with Gasteiger partial charge >= 0.3 is 0 Å². The molecule has 5 nitrogen and oxygen atoms in total. The van der Waals surface area contributed by atoms with Crippen LogP contribution < -0.4 is 11.1 Å². The van der Waals surface area contributed by atoms with Crippen LogP contribution in [0.15, 0.2) is 23.6 Å². The smallest absolute Gasteiger partial charge is 0.233 e. The van der Waals surface area contributed by atoms with Crippen molar-refractivity contribution in [2.45, 2.75) is 20.3 Å². The molecule has 14 heavy (non-hydrogen) atoms. The zero-order chi connectivity index (χ0) is 11.1. The molecule has 0 rings (SSSR count). The van der Waals surface area contributed by atoms with Gasteiger partial charge in [-0.05, 0) is 19.9 Å². The molecule has 0 aromatic heterocycles. The van der Waals surface area contributed by atoms with Gasteiger partial charge in [0.25, 0.3) is 0 Å². The highest BCUT2D eigenvalue weighted by atomic mass is 16.3. The molecule has 0 saturated heterocycles. The first-order valence-corrected chi connectivity index (χ1v) is 4.11. The molecule has 0 aliphatic carbocycles. The largest absolute Gasteiger partial charge is 0.506 e. The molecule has 0 saturated carbocycles. The predicted octanol–water partition coefficient (Wildman–Crippen LogP) is 0.344. The zero-order valence-electron chi connectivity index (χ0n) is 8.20. The van der Waals surface area contributed by atoms with Crippen LogP contribution in [-0.4, -0.2) is 16.9 Å². The lowest BCUT2D eigenvalue weighted by Crippen LogP contribution is -2.28. The van der Waals surface area contributed by atoms with Crippen LogP contribution in [0, 0.1) is 0 Å². The fourth-order valence-electron chi connectivity index (χ4n) is 0.792. The number of amides is 2. The van der Waals surface area contributed by atoms with E-state index in [1.807, 2.05) is 0 Å². The van der Waals surface area contributed by atoms with Crippen LogP contribution in [0.4, 0.5) is 0 Å². The third-order valence-corrected chi connectivity index (χ3v) is 1.45. The Bertz CT molecular complexity index is 292. The van der Waals surface area contributed by atoms with Gasteiger partial charge in [-0.25, -0.2) is 0 Å². The molecule has 5 heteroatoms. The second-order valence-electron chi connectivity index (χ2n) is 2.57. The summed E-state index contributed by atoms with van der Waals surface area (Å²) in [6, 6.07) is 0. The van der Waals surface area contributed by atoms with Gasteiger partial charge in [0, 0.05) is 0 Å². The maximum atomic E-state index is 11.1. The number of carbonyl (C=O) groups excluding carboxylic acids is 2. The van der Waals surface area contributed by atoms with Crippen LogP contribution in [0.5, 0.6) is 0 Å². The molecule has 4 N–H and O–H groups in total. The minimum atomic E-state index is -0.710. The van der Waals surface area contributed by atoms with Gasteiger partial charge in [0.15, 0.2) is 0 Å². The summed E-state index contributed by atoms with van der Waals surface area (Å²) in [5, 5.41) is 11.6. The average Bonchev–Trinajstić information content (AvgIpc) is 2.11. The Labute approximate surface area is 82.3 Å². The van der Waals surface area contributed by atoms with Gasteiger partial charge in [-0.1, -0.05) is 6.08 Å². The van der Waals surface area contributed by atoms with Gasteiger partial charge in [0.05, 0.1) is 5.70 Å². The number of rotatable bonds is 4. The molecule has 2 amide bonds. The van der Waals surface area contributed by atoms with Crippen LogP contribution in [0.3, 0.4) is 0 Å². The molecular weight excluding hydrogens is 184 g/mol. The fourth-order valence-corrected chi connectivity index (χ4v) is 0.792. The van der Waals surface area contributed by atoms with E-state index in [1.165, 1.54) is 12.2 Å². The first-order chi connectivity index (χ1) is 6.51. The summed E-state index contributed by atoms with van der Waals surface area (Å²) >= 11 is 0. The van der Waals surface area contributed by atoms with Crippen molar-refractivity contribution in [3.63, 3.8) is 0 Å².